The molecule has 1 saturated heterocycles. The molecule has 0 amide bonds. The normalized spacial score (nSPS) is 27.9. The maximum Gasteiger partial charge on any atom is 0.0766 e. The van der Waals surface area contributed by atoms with Gasteiger partial charge in [-0.15, -0.1) is 11.6 Å². The van der Waals surface area contributed by atoms with E-state index >= 15 is 0 Å². The summed E-state index contributed by atoms with van der Waals surface area (Å²) >= 11 is 9.91. The van der Waals surface area contributed by atoms with Crippen molar-refractivity contribution in [1.82, 2.24) is 9.78 Å². The molecule has 0 saturated carbocycles. The number of aryl methyl sites for hydroxylation is 2. The molecule has 5 heteroatoms. The molecule has 0 bridgehead atoms. The summed E-state index contributed by atoms with van der Waals surface area (Å²) in [5.41, 5.74) is 2.39. The predicted octanol–water partition coefficient (Wildman–Crippen LogP) is 3.32. The minimum Gasteiger partial charge on any atom is -0.378 e. The second-order valence-corrected chi connectivity index (χ2v) is 6.18. The summed E-state index contributed by atoms with van der Waals surface area (Å²) in [5.74, 6) is 0.632. The Morgan fingerprint density at radius 1 is 1.61 bits per heavy atom. The molecule has 0 radical (unpaired) electrons. The van der Waals surface area contributed by atoms with Gasteiger partial charge in [0.15, 0.2) is 0 Å². The lowest BCUT2D eigenvalue weighted by atomic mass is 9.79. The second-order valence-electron chi connectivity index (χ2n) is 5.12. The molecule has 2 rings (SSSR count). The van der Waals surface area contributed by atoms with Gasteiger partial charge in [0.05, 0.1) is 22.0 Å². The molecule has 1 fully saturated rings. The molecule has 0 N–H and O–H groups in total. The number of alkyl halides is 1. The van der Waals surface area contributed by atoms with Crippen LogP contribution >= 0.6 is 27.5 Å². The summed E-state index contributed by atoms with van der Waals surface area (Å²) in [7, 11) is 2.00. The van der Waals surface area contributed by atoms with Crippen LogP contribution in [-0.4, -0.2) is 28.4 Å². The lowest BCUT2D eigenvalue weighted by Gasteiger charge is -2.30. The molecule has 18 heavy (non-hydrogen) atoms. The Labute approximate surface area is 122 Å². The highest BCUT2D eigenvalue weighted by Gasteiger charge is 2.42. The Morgan fingerprint density at radius 3 is 2.78 bits per heavy atom. The van der Waals surface area contributed by atoms with Gasteiger partial charge in [-0.1, -0.05) is 6.92 Å². The number of halogens is 2. The van der Waals surface area contributed by atoms with E-state index in [1.165, 1.54) is 5.69 Å². The first-order valence-corrected chi connectivity index (χ1v) is 7.74. The molecular formula is C13H20BrClN2O. The summed E-state index contributed by atoms with van der Waals surface area (Å²) in [4.78, 5) is 0. The Kier molecular flexibility index (Phi) is 4.40. The molecule has 1 aromatic heterocycles. The minimum atomic E-state index is 0.0445. The van der Waals surface area contributed by atoms with Gasteiger partial charge in [-0.3, -0.25) is 4.68 Å². The number of hydrogen-bond donors (Lipinski definition) is 0. The minimum absolute atomic E-state index is 0.0445. The fraction of sp³-hybridized carbons (Fsp3) is 0.769. The summed E-state index contributed by atoms with van der Waals surface area (Å²) < 4.78 is 8.83. The first-order chi connectivity index (χ1) is 8.54. The molecule has 1 aliphatic rings. The van der Waals surface area contributed by atoms with Crippen LogP contribution in [0, 0.1) is 5.41 Å². The fourth-order valence-electron chi connectivity index (χ4n) is 2.62. The van der Waals surface area contributed by atoms with E-state index in [1.54, 1.807) is 0 Å². The fourth-order valence-corrected chi connectivity index (χ4v) is 3.82. The lowest BCUT2D eigenvalue weighted by molar-refractivity contribution is 0.0727. The van der Waals surface area contributed by atoms with Crippen LogP contribution in [0.3, 0.4) is 0 Å². The van der Waals surface area contributed by atoms with Crippen LogP contribution in [0.25, 0.3) is 0 Å². The Hall–Kier alpha value is -0.0600. The van der Waals surface area contributed by atoms with Crippen LogP contribution in [0.4, 0.5) is 0 Å². The van der Waals surface area contributed by atoms with Crippen LogP contribution in [0.1, 0.15) is 31.7 Å². The van der Waals surface area contributed by atoms with E-state index in [0.29, 0.717) is 5.88 Å². The highest BCUT2D eigenvalue weighted by atomic mass is 79.9. The zero-order chi connectivity index (χ0) is 13.3. The first-order valence-electron chi connectivity index (χ1n) is 6.42. The molecule has 102 valence electrons. The topological polar surface area (TPSA) is 27.1 Å². The Balaban J connectivity index is 2.30. The summed E-state index contributed by atoms with van der Waals surface area (Å²) in [5, 5.41) is 4.55. The van der Waals surface area contributed by atoms with Crippen LogP contribution < -0.4 is 0 Å². The molecule has 1 aromatic rings. The number of aromatic nitrogens is 2. The molecule has 2 atom stereocenters. The van der Waals surface area contributed by atoms with E-state index in [9.17, 15) is 0 Å². The largest absolute Gasteiger partial charge is 0.378 e. The van der Waals surface area contributed by atoms with Crippen molar-refractivity contribution in [2.24, 2.45) is 12.5 Å². The molecule has 0 aromatic carbocycles. The molecule has 0 aliphatic carbocycles. The van der Waals surface area contributed by atoms with E-state index in [2.05, 4.69) is 34.9 Å². The maximum atomic E-state index is 6.23. The van der Waals surface area contributed by atoms with Gasteiger partial charge in [0.1, 0.15) is 0 Å². The Morgan fingerprint density at radius 2 is 2.33 bits per heavy atom. The molecule has 0 spiro atoms. The van der Waals surface area contributed by atoms with E-state index in [1.807, 2.05) is 11.7 Å². The van der Waals surface area contributed by atoms with Crippen molar-refractivity contribution in [2.45, 2.75) is 39.2 Å². The molecule has 2 heterocycles. The van der Waals surface area contributed by atoms with Gasteiger partial charge >= 0.3 is 0 Å². The standard InChI is InChI=1S/C13H20BrClN2O/c1-4-10-12(14)11(17(3)16-10)7-13(8-15)5-6-18-9(13)2/h9H,4-8H2,1-3H3. The van der Waals surface area contributed by atoms with Crippen LogP contribution in [0.5, 0.6) is 0 Å². The van der Waals surface area contributed by atoms with Crippen molar-refractivity contribution >= 4 is 27.5 Å². The van der Waals surface area contributed by atoms with Gasteiger partial charge in [-0.05, 0) is 42.1 Å². The van der Waals surface area contributed by atoms with Crippen molar-refractivity contribution in [3.63, 3.8) is 0 Å². The molecule has 1 aliphatic heterocycles. The number of hydrogen-bond acceptors (Lipinski definition) is 2. The zero-order valence-corrected chi connectivity index (χ0v) is 13.5. The second kappa shape index (κ2) is 5.51. The van der Waals surface area contributed by atoms with Gasteiger partial charge in [-0.2, -0.15) is 5.10 Å². The van der Waals surface area contributed by atoms with Crippen LogP contribution in [0.15, 0.2) is 4.47 Å². The first kappa shape index (κ1) is 14.4. The van der Waals surface area contributed by atoms with Crippen molar-refractivity contribution in [3.8, 4) is 0 Å². The van der Waals surface area contributed by atoms with E-state index < -0.39 is 0 Å². The monoisotopic (exact) mass is 334 g/mol. The van der Waals surface area contributed by atoms with Gasteiger partial charge in [0.25, 0.3) is 0 Å². The predicted molar refractivity (Wildman–Crippen MR) is 77.2 cm³/mol. The highest BCUT2D eigenvalue weighted by Crippen LogP contribution is 2.41. The smallest absolute Gasteiger partial charge is 0.0766 e. The zero-order valence-electron chi connectivity index (χ0n) is 11.2. The third kappa shape index (κ3) is 2.35. The molecule has 2 unspecified atom stereocenters. The van der Waals surface area contributed by atoms with Crippen molar-refractivity contribution < 1.29 is 4.74 Å². The average Bonchev–Trinajstić information content (AvgIpc) is 2.85. The molecular weight excluding hydrogens is 316 g/mol. The lowest BCUT2D eigenvalue weighted by Crippen LogP contribution is -2.34. The van der Waals surface area contributed by atoms with Gasteiger partial charge in [0.2, 0.25) is 0 Å². The third-order valence-corrected chi connectivity index (χ3v) is 5.57. The van der Waals surface area contributed by atoms with E-state index in [0.717, 1.165) is 36.0 Å². The number of nitrogens with zero attached hydrogens (tertiary/aromatic N) is 2. The SMILES string of the molecule is CCc1nn(C)c(CC2(CCl)CCOC2C)c1Br. The van der Waals surface area contributed by atoms with Crippen molar-refractivity contribution in [3.05, 3.63) is 15.9 Å². The quantitative estimate of drug-likeness (QED) is 0.789. The van der Waals surface area contributed by atoms with Gasteiger partial charge in [-0.25, -0.2) is 0 Å². The highest BCUT2D eigenvalue weighted by molar-refractivity contribution is 9.10. The average molecular weight is 336 g/mol. The Bertz CT molecular complexity index is 435. The van der Waals surface area contributed by atoms with E-state index in [-0.39, 0.29) is 11.5 Å². The van der Waals surface area contributed by atoms with Crippen molar-refractivity contribution in [2.75, 3.05) is 12.5 Å². The summed E-state index contributed by atoms with van der Waals surface area (Å²) in [6, 6.07) is 0. The van der Waals surface area contributed by atoms with E-state index in [4.69, 9.17) is 16.3 Å². The summed E-state index contributed by atoms with van der Waals surface area (Å²) in [6.07, 6.45) is 3.09. The van der Waals surface area contributed by atoms with Crippen LogP contribution in [-0.2, 0) is 24.6 Å². The van der Waals surface area contributed by atoms with Gasteiger partial charge in [0, 0.05) is 24.9 Å². The number of ether oxygens (including phenoxy) is 1. The third-order valence-electron chi connectivity index (χ3n) is 4.12. The van der Waals surface area contributed by atoms with Crippen LogP contribution in [0.2, 0.25) is 0 Å². The molecule has 3 nitrogen and oxygen atoms in total. The maximum absolute atomic E-state index is 6.23. The van der Waals surface area contributed by atoms with Crippen molar-refractivity contribution in [1.29, 1.82) is 0 Å². The summed E-state index contributed by atoms with van der Waals surface area (Å²) in [6.45, 7) is 5.06. The number of rotatable bonds is 4. The van der Waals surface area contributed by atoms with Gasteiger partial charge < -0.3 is 4.74 Å².